The van der Waals surface area contributed by atoms with Crippen LogP contribution in [0, 0.1) is 0 Å². The van der Waals surface area contributed by atoms with E-state index < -0.39 is 0 Å². The molecule has 21 heavy (non-hydrogen) atoms. The maximum absolute atomic E-state index is 5.93. The summed E-state index contributed by atoms with van der Waals surface area (Å²) < 4.78 is 8.76. The number of nitrogens with two attached hydrogens (primary N) is 1. The lowest BCUT2D eigenvalue weighted by atomic mass is 10.1. The van der Waals surface area contributed by atoms with Crippen LogP contribution in [0.4, 0.5) is 0 Å². The topological polar surface area (TPSA) is 69.0 Å². The monoisotopic (exact) mass is 348 g/mol. The third-order valence-corrected chi connectivity index (χ3v) is 4.06. The summed E-state index contributed by atoms with van der Waals surface area (Å²) in [6.07, 6.45) is 1.78. The van der Waals surface area contributed by atoms with Gasteiger partial charge in [-0.15, -0.1) is 0 Å². The molecule has 0 aliphatic rings. The molecule has 0 amide bonds. The third kappa shape index (κ3) is 2.50. The van der Waals surface area contributed by atoms with Crippen molar-refractivity contribution in [1.29, 1.82) is 0 Å². The maximum atomic E-state index is 5.93. The van der Waals surface area contributed by atoms with E-state index >= 15 is 0 Å². The van der Waals surface area contributed by atoms with Crippen molar-refractivity contribution in [3.8, 4) is 0 Å². The Morgan fingerprint density at radius 2 is 2.10 bits per heavy atom. The fourth-order valence-electron chi connectivity index (χ4n) is 2.47. The van der Waals surface area contributed by atoms with Gasteiger partial charge in [-0.25, -0.2) is 5.43 Å². The van der Waals surface area contributed by atoms with Crippen LogP contribution in [0.15, 0.2) is 45.4 Å². The van der Waals surface area contributed by atoms with Crippen molar-refractivity contribution in [3.05, 3.63) is 52.5 Å². The smallest absolute Gasteiger partial charge is 0.134 e. The highest BCUT2D eigenvalue weighted by Crippen LogP contribution is 2.32. The molecule has 6 heteroatoms. The second kappa shape index (κ2) is 5.63. The number of halogens is 1. The first-order chi connectivity index (χ1) is 10.1. The van der Waals surface area contributed by atoms with Gasteiger partial charge >= 0.3 is 0 Å². The van der Waals surface area contributed by atoms with Gasteiger partial charge in [0.25, 0.3) is 0 Å². The van der Waals surface area contributed by atoms with Gasteiger partial charge < -0.3 is 4.42 Å². The van der Waals surface area contributed by atoms with Gasteiger partial charge in [-0.2, -0.15) is 5.10 Å². The fourth-order valence-corrected chi connectivity index (χ4v) is 2.97. The van der Waals surface area contributed by atoms with Crippen LogP contribution < -0.4 is 11.3 Å². The molecule has 110 valence electrons. The molecule has 3 rings (SSSR count). The highest BCUT2D eigenvalue weighted by molar-refractivity contribution is 9.10. The number of aromatic nitrogens is 2. The van der Waals surface area contributed by atoms with Crippen LogP contribution in [0.25, 0.3) is 11.0 Å². The number of benzene rings is 1. The van der Waals surface area contributed by atoms with E-state index in [1.54, 1.807) is 6.20 Å². The molecule has 0 saturated carbocycles. The van der Waals surface area contributed by atoms with Crippen molar-refractivity contribution in [1.82, 2.24) is 15.2 Å². The van der Waals surface area contributed by atoms with Gasteiger partial charge in [0.2, 0.25) is 0 Å². The van der Waals surface area contributed by atoms with E-state index in [-0.39, 0.29) is 12.1 Å². The Hall–Kier alpha value is -1.63. The van der Waals surface area contributed by atoms with Crippen molar-refractivity contribution in [3.63, 3.8) is 0 Å². The van der Waals surface area contributed by atoms with Crippen LogP contribution in [0.5, 0.6) is 0 Å². The zero-order valence-electron chi connectivity index (χ0n) is 11.9. The minimum Gasteiger partial charge on any atom is -0.459 e. The molecule has 1 aromatic carbocycles. The first-order valence-electron chi connectivity index (χ1n) is 6.79. The number of rotatable bonds is 4. The van der Waals surface area contributed by atoms with Crippen LogP contribution in [0.2, 0.25) is 0 Å². The summed E-state index contributed by atoms with van der Waals surface area (Å²) in [5, 5.41) is 5.45. The third-order valence-electron chi connectivity index (χ3n) is 3.45. The largest absolute Gasteiger partial charge is 0.459 e. The SMILES string of the molecule is CC(C)n1ncc(Br)c1C(NN)c1cc2ccccc2o1. The standard InChI is InChI=1S/C15H17BrN4O/c1-9(2)20-15(11(16)8-18-20)14(19-17)13-7-10-5-3-4-6-12(10)21-13/h3-9,14,19H,17H2,1-2H3. The molecule has 0 aliphatic heterocycles. The predicted molar refractivity (Wildman–Crippen MR) is 85.7 cm³/mol. The van der Waals surface area contributed by atoms with Gasteiger partial charge in [0.15, 0.2) is 0 Å². The Kier molecular flexibility index (Phi) is 3.84. The number of para-hydroxylation sites is 1. The summed E-state index contributed by atoms with van der Waals surface area (Å²) in [5.41, 5.74) is 4.63. The molecule has 0 aliphatic carbocycles. The Labute approximate surface area is 131 Å². The molecule has 5 nitrogen and oxygen atoms in total. The maximum Gasteiger partial charge on any atom is 0.134 e. The number of hydrogen-bond acceptors (Lipinski definition) is 4. The quantitative estimate of drug-likeness (QED) is 0.559. The van der Waals surface area contributed by atoms with E-state index in [0.29, 0.717) is 0 Å². The molecule has 3 aromatic rings. The number of furan rings is 1. The number of nitrogens with one attached hydrogen (secondary N) is 1. The lowest BCUT2D eigenvalue weighted by molar-refractivity contribution is 0.428. The second-order valence-electron chi connectivity index (χ2n) is 5.20. The van der Waals surface area contributed by atoms with Gasteiger partial charge in [-0.3, -0.25) is 10.5 Å². The number of hydrazine groups is 1. The summed E-state index contributed by atoms with van der Waals surface area (Å²) in [6, 6.07) is 9.87. The molecule has 0 saturated heterocycles. The van der Waals surface area contributed by atoms with E-state index in [1.807, 2.05) is 35.0 Å². The molecule has 0 spiro atoms. The Bertz CT molecular complexity index is 729. The summed E-state index contributed by atoms with van der Waals surface area (Å²) >= 11 is 3.55. The molecular formula is C15H17BrN4O. The highest BCUT2D eigenvalue weighted by atomic mass is 79.9. The summed E-state index contributed by atoms with van der Waals surface area (Å²) in [5.74, 6) is 6.55. The number of fused-ring (bicyclic) bond motifs is 1. The molecule has 0 bridgehead atoms. The molecule has 2 heterocycles. The van der Waals surface area contributed by atoms with E-state index in [1.165, 1.54) is 0 Å². The van der Waals surface area contributed by atoms with E-state index in [0.717, 1.165) is 26.9 Å². The average molecular weight is 349 g/mol. The van der Waals surface area contributed by atoms with Crippen molar-refractivity contribution in [2.45, 2.75) is 25.9 Å². The molecule has 1 unspecified atom stereocenters. The number of hydrogen-bond donors (Lipinski definition) is 2. The normalized spacial score (nSPS) is 13.2. The minimum atomic E-state index is -0.267. The van der Waals surface area contributed by atoms with Gasteiger partial charge in [0, 0.05) is 11.4 Å². The Morgan fingerprint density at radius 1 is 1.33 bits per heavy atom. The predicted octanol–water partition coefficient (Wildman–Crippen LogP) is 3.53. The highest BCUT2D eigenvalue weighted by Gasteiger charge is 2.25. The molecule has 0 radical (unpaired) electrons. The average Bonchev–Trinajstić information content (AvgIpc) is 3.04. The molecule has 3 N–H and O–H groups in total. The minimum absolute atomic E-state index is 0.228. The van der Waals surface area contributed by atoms with Crippen LogP contribution in [-0.4, -0.2) is 9.78 Å². The molecular weight excluding hydrogens is 332 g/mol. The fraction of sp³-hybridized carbons (Fsp3) is 0.267. The lowest BCUT2D eigenvalue weighted by Crippen LogP contribution is -2.31. The van der Waals surface area contributed by atoms with Crippen LogP contribution in [-0.2, 0) is 0 Å². The van der Waals surface area contributed by atoms with E-state index in [9.17, 15) is 0 Å². The first kappa shape index (κ1) is 14.3. The van der Waals surface area contributed by atoms with Crippen LogP contribution in [0.1, 0.15) is 37.4 Å². The van der Waals surface area contributed by atoms with Gasteiger partial charge in [-0.05, 0) is 41.9 Å². The Balaban J connectivity index is 2.12. The van der Waals surface area contributed by atoms with Crippen molar-refractivity contribution >= 4 is 26.9 Å². The Morgan fingerprint density at radius 3 is 2.76 bits per heavy atom. The second-order valence-corrected chi connectivity index (χ2v) is 6.06. The van der Waals surface area contributed by atoms with Crippen LogP contribution in [0.3, 0.4) is 0 Å². The summed E-state index contributed by atoms with van der Waals surface area (Å²) in [4.78, 5) is 0. The van der Waals surface area contributed by atoms with Gasteiger partial charge in [0.05, 0.1) is 16.4 Å². The molecule has 0 fully saturated rings. The molecule has 1 atom stereocenters. The summed E-state index contributed by atoms with van der Waals surface area (Å²) in [6.45, 7) is 4.16. The van der Waals surface area contributed by atoms with E-state index in [2.05, 4.69) is 40.3 Å². The van der Waals surface area contributed by atoms with Crippen molar-refractivity contribution in [2.24, 2.45) is 5.84 Å². The summed E-state index contributed by atoms with van der Waals surface area (Å²) in [7, 11) is 0. The first-order valence-corrected chi connectivity index (χ1v) is 7.58. The van der Waals surface area contributed by atoms with Crippen molar-refractivity contribution < 1.29 is 4.42 Å². The number of nitrogens with zero attached hydrogens (tertiary/aromatic N) is 2. The van der Waals surface area contributed by atoms with Gasteiger partial charge in [-0.1, -0.05) is 18.2 Å². The van der Waals surface area contributed by atoms with Gasteiger partial charge in [0.1, 0.15) is 17.4 Å². The van der Waals surface area contributed by atoms with E-state index in [4.69, 9.17) is 10.3 Å². The van der Waals surface area contributed by atoms with Crippen LogP contribution >= 0.6 is 15.9 Å². The zero-order valence-corrected chi connectivity index (χ0v) is 13.5. The zero-order chi connectivity index (χ0) is 15.0. The lowest BCUT2D eigenvalue weighted by Gasteiger charge is -2.18. The van der Waals surface area contributed by atoms with Crippen molar-refractivity contribution in [2.75, 3.05) is 0 Å². The molecule has 2 aromatic heterocycles.